The molecule has 38 heavy (non-hydrogen) atoms. The predicted octanol–water partition coefficient (Wildman–Crippen LogP) is 3.51. The van der Waals surface area contributed by atoms with Crippen LogP contribution in [-0.2, 0) is 23.9 Å². The van der Waals surface area contributed by atoms with Crippen molar-refractivity contribution in [3.63, 3.8) is 0 Å². The maximum absolute atomic E-state index is 14.5. The molecule has 4 heterocycles. The molecular formula is C29H35ClN2O6. The predicted molar refractivity (Wildman–Crippen MR) is 142 cm³/mol. The number of esters is 1. The Bertz CT molecular complexity index is 1170. The molecule has 4 aliphatic heterocycles. The Morgan fingerprint density at radius 2 is 1.84 bits per heavy atom. The van der Waals surface area contributed by atoms with Gasteiger partial charge in [-0.25, -0.2) is 0 Å². The molecule has 1 unspecified atom stereocenters. The summed E-state index contributed by atoms with van der Waals surface area (Å²) < 4.78 is 12.4. The van der Waals surface area contributed by atoms with Crippen molar-refractivity contribution in [2.75, 3.05) is 24.7 Å². The highest BCUT2D eigenvalue weighted by Crippen LogP contribution is 2.58. The Balaban J connectivity index is 1.69. The van der Waals surface area contributed by atoms with Gasteiger partial charge in [0.15, 0.2) is 0 Å². The third kappa shape index (κ3) is 4.08. The largest absolute Gasteiger partial charge is 0.465 e. The number of allylic oxidation sites excluding steroid dienone is 1. The highest BCUT2D eigenvalue weighted by Gasteiger charge is 2.75. The van der Waals surface area contributed by atoms with E-state index < -0.39 is 41.1 Å². The average molecular weight is 543 g/mol. The van der Waals surface area contributed by atoms with Crippen LogP contribution in [0.5, 0.6) is 0 Å². The molecule has 2 amide bonds. The first-order chi connectivity index (χ1) is 18.2. The Morgan fingerprint density at radius 3 is 2.53 bits per heavy atom. The summed E-state index contributed by atoms with van der Waals surface area (Å²) in [6.45, 7) is 5.91. The molecule has 1 aromatic carbocycles. The number of carbonyl (C=O) groups excluding carboxylic acids is 3. The Kier molecular flexibility index (Phi) is 7.18. The number of benzene rings is 1. The fraction of sp³-hybridized carbons (Fsp3) is 0.552. The highest BCUT2D eigenvalue weighted by molar-refractivity contribution is 6.30. The highest BCUT2D eigenvalue weighted by atomic mass is 35.5. The van der Waals surface area contributed by atoms with Crippen LogP contribution >= 0.6 is 11.6 Å². The molecule has 1 N–H and O–H groups in total. The van der Waals surface area contributed by atoms with Crippen LogP contribution in [0, 0.1) is 17.8 Å². The van der Waals surface area contributed by atoms with Gasteiger partial charge in [0.05, 0.1) is 30.8 Å². The van der Waals surface area contributed by atoms with Crippen molar-refractivity contribution in [2.24, 2.45) is 17.8 Å². The third-order valence-electron chi connectivity index (χ3n) is 8.67. The Hall–Kier alpha value is -2.68. The van der Waals surface area contributed by atoms with Gasteiger partial charge in [-0.2, -0.15) is 0 Å². The molecule has 0 bridgehead atoms. The van der Waals surface area contributed by atoms with E-state index in [9.17, 15) is 19.5 Å². The molecule has 204 valence electrons. The fourth-order valence-corrected chi connectivity index (χ4v) is 6.72. The number of rotatable bonds is 5. The van der Waals surface area contributed by atoms with Crippen LogP contribution < -0.4 is 4.90 Å². The molecular weight excluding hydrogens is 508 g/mol. The molecule has 8 nitrogen and oxygen atoms in total. The lowest BCUT2D eigenvalue weighted by Gasteiger charge is -2.41. The zero-order chi connectivity index (χ0) is 27.2. The summed E-state index contributed by atoms with van der Waals surface area (Å²) >= 11 is 6.10. The first-order valence-corrected chi connectivity index (χ1v) is 13.8. The summed E-state index contributed by atoms with van der Waals surface area (Å²) in [5, 5.41) is 11.0. The third-order valence-corrected chi connectivity index (χ3v) is 8.92. The van der Waals surface area contributed by atoms with Gasteiger partial charge in [-0.05, 0) is 49.9 Å². The van der Waals surface area contributed by atoms with E-state index in [1.165, 1.54) is 4.90 Å². The van der Waals surface area contributed by atoms with E-state index in [4.69, 9.17) is 21.1 Å². The minimum absolute atomic E-state index is 0.0948. The van der Waals surface area contributed by atoms with Crippen molar-refractivity contribution in [1.82, 2.24) is 4.90 Å². The number of amides is 2. The minimum atomic E-state index is -1.40. The van der Waals surface area contributed by atoms with Crippen molar-refractivity contribution < 1.29 is 29.0 Å². The van der Waals surface area contributed by atoms with Gasteiger partial charge in [0, 0.05) is 17.3 Å². The van der Waals surface area contributed by atoms with E-state index in [0.29, 0.717) is 30.0 Å². The normalized spacial score (nSPS) is 35.3. The van der Waals surface area contributed by atoms with E-state index in [0.717, 1.165) is 0 Å². The van der Waals surface area contributed by atoms with Gasteiger partial charge in [-0.1, -0.05) is 56.2 Å². The molecule has 0 radical (unpaired) electrons. The number of hydrogen-bond donors (Lipinski definition) is 1. The number of cyclic esters (lactones) is 1. The lowest BCUT2D eigenvalue weighted by atomic mass is 9.74. The Labute approximate surface area is 228 Å². The van der Waals surface area contributed by atoms with E-state index in [-0.39, 0.29) is 37.5 Å². The van der Waals surface area contributed by atoms with Gasteiger partial charge in [0.25, 0.3) is 5.91 Å². The molecule has 0 aliphatic carbocycles. The van der Waals surface area contributed by atoms with Gasteiger partial charge in [-0.15, -0.1) is 0 Å². The number of hydrogen-bond acceptors (Lipinski definition) is 6. The van der Waals surface area contributed by atoms with Gasteiger partial charge < -0.3 is 24.4 Å². The average Bonchev–Trinajstić information content (AvgIpc) is 3.24. The summed E-state index contributed by atoms with van der Waals surface area (Å²) in [6.07, 6.45) is 9.52. The maximum Gasteiger partial charge on any atom is 0.313 e. The molecule has 2 fully saturated rings. The van der Waals surface area contributed by atoms with Crippen LogP contribution in [0.25, 0.3) is 0 Å². The summed E-state index contributed by atoms with van der Waals surface area (Å²) in [6, 6.07) is 5.25. The molecule has 2 saturated heterocycles. The molecule has 0 aromatic heterocycles. The molecule has 1 spiro atoms. The molecule has 4 aliphatic rings. The van der Waals surface area contributed by atoms with Gasteiger partial charge in [0.2, 0.25) is 5.91 Å². The second kappa shape index (κ2) is 10.1. The number of halogens is 1. The lowest BCUT2D eigenvalue weighted by Crippen LogP contribution is -2.60. The monoisotopic (exact) mass is 542 g/mol. The smallest absolute Gasteiger partial charge is 0.313 e. The van der Waals surface area contributed by atoms with Crippen LogP contribution in [-0.4, -0.2) is 70.8 Å². The van der Waals surface area contributed by atoms with Gasteiger partial charge >= 0.3 is 5.97 Å². The van der Waals surface area contributed by atoms with Crippen molar-refractivity contribution in [2.45, 2.75) is 63.3 Å². The topological polar surface area (TPSA) is 96.4 Å². The standard InChI is InChI=1S/C29H35ClN2O6/c1-4-18(2)21(17-33)32-24-26(35)31(20-11-9-19(30)10-12-20)15-8-14-29(24)22(25(32)34)23-27(36)37-16-7-5-6-13-28(23,3)38-29/h6,8-14,18,21-24,33H,4-5,7,15-17H2,1-3H3/b13-6-/t18-,21-,22-,23+,24?,28-,29-/m0/s1. The first-order valence-electron chi connectivity index (χ1n) is 13.4. The second-order valence-electron chi connectivity index (χ2n) is 10.9. The van der Waals surface area contributed by atoms with Crippen molar-refractivity contribution in [3.8, 4) is 0 Å². The molecule has 7 atom stereocenters. The quantitative estimate of drug-likeness (QED) is 0.452. The van der Waals surface area contributed by atoms with E-state index in [1.54, 1.807) is 42.2 Å². The van der Waals surface area contributed by atoms with E-state index in [1.807, 2.05) is 32.1 Å². The molecule has 9 heteroatoms. The number of aliphatic hydroxyl groups is 1. The Morgan fingerprint density at radius 1 is 1.11 bits per heavy atom. The molecule has 0 saturated carbocycles. The van der Waals surface area contributed by atoms with Crippen LogP contribution in [0.2, 0.25) is 5.02 Å². The van der Waals surface area contributed by atoms with Crippen molar-refractivity contribution in [1.29, 1.82) is 0 Å². The number of likely N-dealkylation sites (tertiary alicyclic amines) is 1. The number of carbonyl (C=O) groups is 3. The van der Waals surface area contributed by atoms with Crippen LogP contribution in [0.1, 0.15) is 40.0 Å². The number of aliphatic hydroxyl groups excluding tert-OH is 1. The number of fused-ring (bicyclic) bond motifs is 2. The molecule has 1 aromatic rings. The van der Waals surface area contributed by atoms with Crippen molar-refractivity contribution in [3.05, 3.63) is 53.6 Å². The second-order valence-corrected chi connectivity index (χ2v) is 11.4. The zero-order valence-electron chi connectivity index (χ0n) is 22.0. The molecule has 5 rings (SSSR count). The number of anilines is 1. The number of ether oxygens (including phenoxy) is 2. The van der Waals surface area contributed by atoms with E-state index >= 15 is 0 Å². The van der Waals surface area contributed by atoms with Crippen molar-refractivity contribution >= 4 is 35.1 Å². The van der Waals surface area contributed by atoms with Gasteiger partial charge in [-0.3, -0.25) is 14.4 Å². The maximum atomic E-state index is 14.5. The van der Waals surface area contributed by atoms with Crippen LogP contribution in [0.15, 0.2) is 48.6 Å². The summed E-state index contributed by atoms with van der Waals surface area (Å²) in [5.41, 5.74) is -1.91. The summed E-state index contributed by atoms with van der Waals surface area (Å²) in [7, 11) is 0. The zero-order valence-corrected chi connectivity index (χ0v) is 22.8. The SMILES string of the molecule is CC[C@H](C)[C@H](CO)N1C(=O)[C@@H]2[C@@H]3C(=O)OCCC/C=C\[C@]3(C)O[C@@]23C=CCN(c2ccc(Cl)cc2)C(=O)C13. The van der Waals surface area contributed by atoms with Crippen LogP contribution in [0.3, 0.4) is 0 Å². The minimum Gasteiger partial charge on any atom is -0.465 e. The first kappa shape index (κ1) is 26.9. The summed E-state index contributed by atoms with van der Waals surface area (Å²) in [4.78, 5) is 45.5. The fourth-order valence-electron chi connectivity index (χ4n) is 6.60. The van der Waals surface area contributed by atoms with E-state index in [2.05, 4.69) is 0 Å². The summed E-state index contributed by atoms with van der Waals surface area (Å²) in [5.74, 6) is -3.21. The van der Waals surface area contributed by atoms with Gasteiger partial charge in [0.1, 0.15) is 17.6 Å². The lowest BCUT2D eigenvalue weighted by molar-refractivity contribution is -0.160. The number of nitrogens with zero attached hydrogens (tertiary/aromatic N) is 2. The van der Waals surface area contributed by atoms with Crippen LogP contribution in [0.4, 0.5) is 5.69 Å².